The first-order chi connectivity index (χ1) is 9.82. The molecule has 0 heterocycles. The van der Waals surface area contributed by atoms with Crippen molar-refractivity contribution in [3.63, 3.8) is 0 Å². The summed E-state index contributed by atoms with van der Waals surface area (Å²) in [6, 6.07) is 32.8. The number of hydrogen-bond acceptors (Lipinski definition) is 0. The van der Waals surface area contributed by atoms with Gasteiger partial charge in [-0.15, -0.1) is 0 Å². The molecule has 0 N–H and O–H groups in total. The van der Waals surface area contributed by atoms with Crippen LogP contribution >= 0.6 is 0 Å². The third kappa shape index (κ3) is 2.28. The maximum absolute atomic E-state index is 2.28. The Kier molecular flexibility index (Phi) is 3.67. The summed E-state index contributed by atoms with van der Waals surface area (Å²) in [4.78, 5) is 0. The predicted octanol–water partition coefficient (Wildman–Crippen LogP) is 1.29. The Balaban J connectivity index is 2.24. The summed E-state index contributed by atoms with van der Waals surface area (Å²) < 4.78 is 0. The van der Waals surface area contributed by atoms with Crippen molar-refractivity contribution in [3.8, 4) is 0 Å². The molecule has 97 valence electrons. The van der Waals surface area contributed by atoms with Gasteiger partial charge in [0.15, 0.2) is 0 Å². The van der Waals surface area contributed by atoms with Crippen molar-refractivity contribution in [2.45, 2.75) is 0 Å². The largest absolute Gasteiger partial charge is 0.129 e. The Bertz CT molecular complexity index is 567. The van der Waals surface area contributed by atoms with E-state index in [1.807, 2.05) is 0 Å². The van der Waals surface area contributed by atoms with E-state index in [1.54, 1.807) is 0 Å². The van der Waals surface area contributed by atoms with Gasteiger partial charge in [0, 0.05) is 9.76 Å². The molecule has 0 aliphatic carbocycles. The van der Waals surface area contributed by atoms with E-state index in [2.05, 4.69) is 101 Å². The molecule has 0 saturated heterocycles. The zero-order valence-electron chi connectivity index (χ0n) is 11.4. The minimum absolute atomic E-state index is 1.47. The van der Waals surface area contributed by atoms with Gasteiger partial charge in [0.05, 0.1) is 0 Å². The highest BCUT2D eigenvalue weighted by Gasteiger charge is 2.33. The monoisotopic (exact) mass is 289 g/mol. The van der Waals surface area contributed by atoms with Crippen molar-refractivity contribution < 1.29 is 0 Å². The van der Waals surface area contributed by atoms with Crippen molar-refractivity contribution in [1.82, 2.24) is 0 Å². The summed E-state index contributed by atoms with van der Waals surface area (Å²) >= 11 is 0. The molecule has 0 unspecified atom stereocenters. The van der Waals surface area contributed by atoms with Gasteiger partial charge in [-0.2, -0.15) is 0 Å². The van der Waals surface area contributed by atoms with Crippen molar-refractivity contribution in [2.24, 2.45) is 0 Å². The highest BCUT2D eigenvalue weighted by atomic mass is 29.2. The predicted molar refractivity (Wildman–Crippen MR) is 92.5 cm³/mol. The molecule has 0 amide bonds. The van der Waals surface area contributed by atoms with Gasteiger partial charge in [-0.05, 0) is 0 Å². The molecule has 0 nitrogen and oxygen atoms in total. The third-order valence-corrected chi connectivity index (χ3v) is 11.4. The topological polar surface area (TPSA) is 0 Å². The lowest BCUT2D eigenvalue weighted by Crippen LogP contribution is -2.68. The molecular weight excluding hydrogens is 272 g/mol. The third-order valence-electron chi connectivity index (χ3n) is 3.80. The number of rotatable bonds is 3. The molecule has 0 spiro atoms. The van der Waals surface area contributed by atoms with Gasteiger partial charge in [0.2, 0.25) is 0 Å². The zero-order valence-corrected chi connectivity index (χ0v) is 13.8. The van der Waals surface area contributed by atoms with Crippen LogP contribution in [0.3, 0.4) is 0 Å². The number of benzene rings is 3. The molecule has 20 heavy (non-hydrogen) atoms. The SMILES string of the molecule is [SiH2][Si](c1ccccc1)(c1ccccc1)c1ccccc1. The van der Waals surface area contributed by atoms with Gasteiger partial charge in [-0.25, -0.2) is 0 Å². The van der Waals surface area contributed by atoms with Crippen LogP contribution in [0.15, 0.2) is 91.0 Å². The van der Waals surface area contributed by atoms with E-state index in [0.29, 0.717) is 0 Å². The second-order valence-corrected chi connectivity index (χ2v) is 11.7. The highest BCUT2D eigenvalue weighted by Crippen LogP contribution is 2.03. The lowest BCUT2D eigenvalue weighted by atomic mass is 10.3. The van der Waals surface area contributed by atoms with Gasteiger partial charge in [-0.3, -0.25) is 0 Å². The summed E-state index contributed by atoms with van der Waals surface area (Å²) in [6.07, 6.45) is 0. The van der Waals surface area contributed by atoms with Crippen molar-refractivity contribution in [1.29, 1.82) is 0 Å². The lowest BCUT2D eigenvalue weighted by molar-refractivity contribution is 1.70. The van der Waals surface area contributed by atoms with Crippen LogP contribution in [0.4, 0.5) is 0 Å². The van der Waals surface area contributed by atoms with Gasteiger partial charge in [0.1, 0.15) is 7.59 Å². The molecule has 0 aliphatic heterocycles. The average Bonchev–Trinajstić information content (AvgIpc) is 2.56. The molecule has 0 atom stereocenters. The Morgan fingerprint density at radius 3 is 0.950 bits per heavy atom. The second-order valence-electron chi connectivity index (χ2n) is 5.00. The van der Waals surface area contributed by atoms with Crippen molar-refractivity contribution in [2.75, 3.05) is 0 Å². The van der Waals surface area contributed by atoms with E-state index in [1.165, 1.54) is 15.6 Å². The summed E-state index contributed by atoms with van der Waals surface area (Å²) in [5.74, 6) is 0. The summed E-state index contributed by atoms with van der Waals surface area (Å²) in [6.45, 7) is 0. The fraction of sp³-hybridized carbons (Fsp3) is 0. The van der Waals surface area contributed by atoms with Crippen LogP contribution in [0.25, 0.3) is 0 Å². The summed E-state index contributed by atoms with van der Waals surface area (Å²) in [5.41, 5.74) is 0. The molecule has 3 aromatic carbocycles. The first-order valence-electron chi connectivity index (χ1n) is 6.84. The van der Waals surface area contributed by atoms with Gasteiger partial charge >= 0.3 is 0 Å². The standard InChI is InChI=1S/C18H17Si2/c19-20(16-10-4-1-5-11-16,17-12-6-2-7-13-17)18-14-8-3-9-15-18/h1-15H,19H2. The second kappa shape index (κ2) is 5.61. The fourth-order valence-corrected chi connectivity index (χ4v) is 8.07. The van der Waals surface area contributed by atoms with Gasteiger partial charge < -0.3 is 0 Å². The Morgan fingerprint density at radius 1 is 0.450 bits per heavy atom. The van der Waals surface area contributed by atoms with Gasteiger partial charge in [0.25, 0.3) is 0 Å². The van der Waals surface area contributed by atoms with Crippen molar-refractivity contribution in [3.05, 3.63) is 91.0 Å². The molecule has 1 radical (unpaired) electrons. The quantitative estimate of drug-likeness (QED) is 0.503. The Labute approximate surface area is 124 Å². The normalized spacial score (nSPS) is 11.2. The minimum atomic E-state index is -1.85. The lowest BCUT2D eigenvalue weighted by Gasteiger charge is -2.29. The molecule has 0 aliphatic rings. The maximum atomic E-state index is 2.28. The van der Waals surface area contributed by atoms with Crippen LogP contribution in [0.5, 0.6) is 0 Å². The maximum Gasteiger partial charge on any atom is 0.129 e. The van der Waals surface area contributed by atoms with E-state index in [4.69, 9.17) is 0 Å². The molecule has 0 bridgehead atoms. The smallest absolute Gasteiger partial charge is 0.0625 e. The first-order valence-corrected chi connectivity index (χ1v) is 11.2. The average molecular weight is 290 g/mol. The van der Waals surface area contributed by atoms with Gasteiger partial charge in [-0.1, -0.05) is 107 Å². The zero-order chi connectivity index (χ0) is 13.8. The van der Waals surface area contributed by atoms with Crippen LogP contribution in [0.2, 0.25) is 0 Å². The van der Waals surface area contributed by atoms with Crippen LogP contribution in [0, 0.1) is 0 Å². The van der Waals surface area contributed by atoms with E-state index in [9.17, 15) is 0 Å². The van der Waals surface area contributed by atoms with E-state index >= 15 is 0 Å². The summed E-state index contributed by atoms with van der Waals surface area (Å²) in [5, 5.41) is 4.40. The Hall–Kier alpha value is -1.91. The fourth-order valence-electron chi connectivity index (χ4n) is 2.67. The molecule has 3 aromatic rings. The molecule has 2 heteroatoms. The van der Waals surface area contributed by atoms with Crippen LogP contribution in [0.1, 0.15) is 0 Å². The van der Waals surface area contributed by atoms with Crippen molar-refractivity contribution >= 4 is 32.9 Å². The van der Waals surface area contributed by atoms with E-state index in [0.717, 1.165) is 0 Å². The molecular formula is C18H17Si2. The minimum Gasteiger partial charge on any atom is -0.0625 e. The molecule has 0 saturated carbocycles. The first kappa shape index (κ1) is 13.1. The Morgan fingerprint density at radius 2 is 0.700 bits per heavy atom. The van der Waals surface area contributed by atoms with Crippen LogP contribution in [-0.4, -0.2) is 17.4 Å². The van der Waals surface area contributed by atoms with E-state index < -0.39 is 7.59 Å². The number of hydrogen-bond donors (Lipinski definition) is 0. The molecule has 3 rings (SSSR count). The van der Waals surface area contributed by atoms with Crippen LogP contribution < -0.4 is 15.6 Å². The highest BCUT2D eigenvalue weighted by molar-refractivity contribution is 7.38. The molecule has 0 aromatic heterocycles. The molecule has 0 fully saturated rings. The summed E-state index contributed by atoms with van der Waals surface area (Å²) in [7, 11) is 0.334. The van der Waals surface area contributed by atoms with E-state index in [-0.39, 0.29) is 0 Å². The van der Waals surface area contributed by atoms with Crippen LogP contribution in [-0.2, 0) is 0 Å².